The molecule has 2 N–H and O–H groups in total. The van der Waals surface area contributed by atoms with Crippen molar-refractivity contribution in [2.75, 3.05) is 7.11 Å². The minimum absolute atomic E-state index is 0.355. The van der Waals surface area contributed by atoms with Gasteiger partial charge in [-0.3, -0.25) is 0 Å². The second-order valence-electron chi connectivity index (χ2n) is 8.47. The summed E-state index contributed by atoms with van der Waals surface area (Å²) in [6, 6.07) is 22.9. The van der Waals surface area contributed by atoms with E-state index in [9.17, 15) is 18.0 Å². The molecule has 9 heteroatoms. The van der Waals surface area contributed by atoms with Crippen molar-refractivity contribution in [2.45, 2.75) is 19.3 Å². The van der Waals surface area contributed by atoms with Gasteiger partial charge in [0.1, 0.15) is 5.82 Å². The van der Waals surface area contributed by atoms with Gasteiger partial charge in [-0.15, -0.1) is 11.3 Å². The third kappa shape index (κ3) is 5.58. The molecule has 0 aliphatic heterocycles. The van der Waals surface area contributed by atoms with Gasteiger partial charge in [0.05, 0.1) is 34.1 Å². The number of nitrogens with zero attached hydrogens (tertiary/aromatic N) is 1. The van der Waals surface area contributed by atoms with Crippen molar-refractivity contribution in [1.82, 2.24) is 15.3 Å². The first-order valence-corrected chi connectivity index (χ1v) is 12.3. The number of hydrogen-bond acceptors (Lipinski definition) is 5. The van der Waals surface area contributed by atoms with Gasteiger partial charge in [-0.2, -0.15) is 13.2 Å². The highest BCUT2D eigenvalue weighted by atomic mass is 32.1. The van der Waals surface area contributed by atoms with Gasteiger partial charge in [0.15, 0.2) is 0 Å². The van der Waals surface area contributed by atoms with E-state index in [2.05, 4.69) is 15.3 Å². The maximum Gasteiger partial charge on any atom is 0.416 e. The van der Waals surface area contributed by atoms with E-state index in [1.165, 1.54) is 24.5 Å². The van der Waals surface area contributed by atoms with Crippen molar-refractivity contribution in [3.8, 4) is 21.1 Å². The first-order valence-electron chi connectivity index (χ1n) is 11.4. The molecule has 3 aromatic carbocycles. The van der Waals surface area contributed by atoms with Gasteiger partial charge >= 0.3 is 12.1 Å². The number of benzene rings is 3. The van der Waals surface area contributed by atoms with Gasteiger partial charge in [-0.25, -0.2) is 9.78 Å². The number of alkyl halides is 3. The smallest absolute Gasteiger partial charge is 0.416 e. The highest BCUT2D eigenvalue weighted by Crippen LogP contribution is 2.35. The molecule has 0 unspecified atom stereocenters. The number of fused-ring (bicyclic) bond motifs is 1. The number of thiophene rings is 1. The summed E-state index contributed by atoms with van der Waals surface area (Å²) in [6.45, 7) is 1.28. The van der Waals surface area contributed by atoms with Crippen LogP contribution in [-0.4, -0.2) is 23.0 Å². The molecule has 188 valence electrons. The summed E-state index contributed by atoms with van der Waals surface area (Å²) in [4.78, 5) is 21.0. The van der Waals surface area contributed by atoms with Crippen molar-refractivity contribution in [1.29, 1.82) is 0 Å². The fourth-order valence-corrected chi connectivity index (χ4v) is 4.94. The molecule has 0 radical (unpaired) electrons. The van der Waals surface area contributed by atoms with E-state index in [4.69, 9.17) is 4.74 Å². The second-order valence-corrected chi connectivity index (χ2v) is 9.56. The average Bonchev–Trinajstić information content (AvgIpc) is 3.55. The number of aromatic amines is 1. The van der Waals surface area contributed by atoms with Gasteiger partial charge in [0.2, 0.25) is 0 Å². The van der Waals surface area contributed by atoms with Crippen LogP contribution in [0.4, 0.5) is 13.2 Å². The highest BCUT2D eigenvalue weighted by Gasteiger charge is 2.30. The number of imidazole rings is 1. The number of rotatable bonds is 7. The van der Waals surface area contributed by atoms with Gasteiger partial charge in [-0.05, 0) is 59.2 Å². The lowest BCUT2D eigenvalue weighted by molar-refractivity contribution is -0.137. The van der Waals surface area contributed by atoms with Gasteiger partial charge in [0.25, 0.3) is 0 Å². The Kier molecular flexibility index (Phi) is 6.82. The number of H-pyrrole nitrogens is 1. The summed E-state index contributed by atoms with van der Waals surface area (Å²) in [5.74, 6) is 0.188. The highest BCUT2D eigenvalue weighted by molar-refractivity contribution is 7.18. The van der Waals surface area contributed by atoms with Gasteiger partial charge in [-0.1, -0.05) is 36.4 Å². The lowest BCUT2D eigenvalue weighted by Crippen LogP contribution is -2.13. The molecule has 0 saturated heterocycles. The van der Waals surface area contributed by atoms with Crippen molar-refractivity contribution in [3.63, 3.8) is 0 Å². The monoisotopic (exact) mass is 521 g/mol. The molecule has 0 fully saturated rings. The summed E-state index contributed by atoms with van der Waals surface area (Å²) in [6.07, 6.45) is -4.40. The zero-order valence-electron chi connectivity index (χ0n) is 19.7. The van der Waals surface area contributed by atoms with Gasteiger partial charge in [0, 0.05) is 18.0 Å². The lowest BCUT2D eigenvalue weighted by atomic mass is 10.1. The average molecular weight is 522 g/mol. The van der Waals surface area contributed by atoms with E-state index in [-0.39, 0.29) is 5.97 Å². The van der Waals surface area contributed by atoms with Crippen LogP contribution >= 0.6 is 11.3 Å². The molecule has 5 rings (SSSR count). The SMILES string of the molecule is COC(=O)c1cccc(CNCc2ccc(-c3ccc(-c4nc5ccc(C(F)(F)F)cc5[nH]4)s3)cc2)c1. The Morgan fingerprint density at radius 1 is 0.946 bits per heavy atom. The largest absolute Gasteiger partial charge is 0.465 e. The van der Waals surface area contributed by atoms with Crippen LogP contribution in [0, 0.1) is 0 Å². The number of nitrogens with one attached hydrogen (secondary N) is 2. The number of hydrogen-bond donors (Lipinski definition) is 2. The molecule has 0 saturated carbocycles. The molecular weight excluding hydrogens is 499 g/mol. The zero-order chi connectivity index (χ0) is 26.0. The maximum absolute atomic E-state index is 13.0. The normalized spacial score (nSPS) is 11.7. The molecule has 5 nitrogen and oxygen atoms in total. The Hall–Kier alpha value is -3.95. The molecule has 2 aromatic heterocycles. The van der Waals surface area contributed by atoms with E-state index < -0.39 is 11.7 Å². The molecule has 0 aliphatic rings. The Bertz CT molecular complexity index is 1560. The number of carbonyl (C=O) groups is 1. The Morgan fingerprint density at radius 3 is 2.46 bits per heavy atom. The van der Waals surface area contributed by atoms with Crippen LogP contribution in [0.3, 0.4) is 0 Å². The first-order chi connectivity index (χ1) is 17.8. The van der Waals surface area contributed by atoms with Crippen molar-refractivity contribution in [2.24, 2.45) is 0 Å². The third-order valence-electron chi connectivity index (χ3n) is 5.89. The molecule has 0 atom stereocenters. The minimum Gasteiger partial charge on any atom is -0.465 e. The summed E-state index contributed by atoms with van der Waals surface area (Å²) in [5.41, 5.74) is 3.82. The van der Waals surface area contributed by atoms with E-state index in [1.54, 1.807) is 6.07 Å². The summed E-state index contributed by atoms with van der Waals surface area (Å²) in [5, 5.41) is 3.38. The molecule has 0 bridgehead atoms. The van der Waals surface area contributed by atoms with Crippen LogP contribution in [0.1, 0.15) is 27.0 Å². The maximum atomic E-state index is 13.0. The van der Waals surface area contributed by atoms with Crippen molar-refractivity contribution in [3.05, 3.63) is 101 Å². The van der Waals surface area contributed by atoms with E-state index in [0.29, 0.717) is 35.5 Å². The molecule has 5 aromatic rings. The number of halogens is 3. The molecular formula is C28H22F3N3O2S. The van der Waals surface area contributed by atoms with Gasteiger partial charge < -0.3 is 15.0 Å². The first kappa shape index (κ1) is 24.7. The van der Waals surface area contributed by atoms with Crippen LogP contribution < -0.4 is 5.32 Å². The quantitative estimate of drug-likeness (QED) is 0.225. The Balaban J connectivity index is 1.23. The number of methoxy groups -OCH3 is 1. The second kappa shape index (κ2) is 10.2. The van der Waals surface area contributed by atoms with Crippen LogP contribution in [0.5, 0.6) is 0 Å². The number of ether oxygens (including phenoxy) is 1. The van der Waals surface area contributed by atoms with Crippen LogP contribution in [0.15, 0.2) is 78.9 Å². The molecule has 0 spiro atoms. The fraction of sp³-hybridized carbons (Fsp3) is 0.143. The van der Waals surface area contributed by atoms with Crippen molar-refractivity contribution < 1.29 is 22.7 Å². The van der Waals surface area contributed by atoms with Crippen LogP contribution in [-0.2, 0) is 24.0 Å². The van der Waals surface area contributed by atoms with E-state index in [1.807, 2.05) is 54.6 Å². The zero-order valence-corrected chi connectivity index (χ0v) is 20.5. The number of esters is 1. The van der Waals surface area contributed by atoms with E-state index >= 15 is 0 Å². The predicted molar refractivity (Wildman–Crippen MR) is 138 cm³/mol. The third-order valence-corrected chi connectivity index (χ3v) is 7.03. The predicted octanol–water partition coefficient (Wildman–Crippen LogP) is 7.05. The summed E-state index contributed by atoms with van der Waals surface area (Å²) in [7, 11) is 1.36. The Labute approximate surface area is 214 Å². The molecule has 0 aliphatic carbocycles. The topological polar surface area (TPSA) is 67.0 Å². The minimum atomic E-state index is -4.40. The molecule has 37 heavy (non-hydrogen) atoms. The summed E-state index contributed by atoms with van der Waals surface area (Å²) < 4.78 is 43.8. The van der Waals surface area contributed by atoms with Crippen LogP contribution in [0.2, 0.25) is 0 Å². The lowest BCUT2D eigenvalue weighted by Gasteiger charge is -2.07. The number of carbonyl (C=O) groups excluding carboxylic acids is 1. The summed E-state index contributed by atoms with van der Waals surface area (Å²) >= 11 is 1.52. The van der Waals surface area contributed by atoms with Crippen molar-refractivity contribution >= 4 is 28.3 Å². The van der Waals surface area contributed by atoms with E-state index in [0.717, 1.165) is 38.6 Å². The fourth-order valence-electron chi connectivity index (χ4n) is 3.99. The molecule has 0 amide bonds. The Morgan fingerprint density at radius 2 is 1.70 bits per heavy atom. The molecule has 2 heterocycles. The van der Waals surface area contributed by atoms with Crippen LogP contribution in [0.25, 0.3) is 32.2 Å². The number of aromatic nitrogens is 2. The standard InChI is InChI=1S/C28H22F3N3O2S/c1-36-27(35)20-4-2-3-18(13-20)16-32-15-17-5-7-19(8-6-17)24-11-12-25(37-24)26-33-22-10-9-21(28(29,30)31)14-23(22)34-26/h2-14,32H,15-16H2,1H3,(H,33,34).